The molecule has 0 radical (unpaired) electrons. The number of carbonyl (C=O) groups is 1. The molecule has 0 aliphatic rings. The van der Waals surface area contributed by atoms with E-state index >= 15 is 0 Å². The van der Waals surface area contributed by atoms with Crippen LogP contribution < -0.4 is 5.32 Å². The largest absolute Gasteiger partial charge is 0.350 e. The third-order valence-corrected chi connectivity index (χ3v) is 0.955. The highest BCUT2D eigenvalue weighted by Gasteiger charge is 2.08. The van der Waals surface area contributed by atoms with Crippen LogP contribution in [0.3, 0.4) is 0 Å². The average Bonchev–Trinajstić information content (AvgIpc) is 1.82. The van der Waals surface area contributed by atoms with Crippen molar-refractivity contribution < 1.29 is 15.0 Å². The van der Waals surface area contributed by atoms with Crippen LogP contribution in [-0.2, 0) is 4.79 Å². The van der Waals surface area contributed by atoms with Crippen LogP contribution in [-0.4, -0.2) is 18.9 Å². The predicted octanol–water partition coefficient (Wildman–Crippen LogP) is 1.27. The van der Waals surface area contributed by atoms with Crippen LogP contribution in [0.2, 0.25) is 0 Å². The van der Waals surface area contributed by atoms with Gasteiger partial charge in [0.05, 0.1) is 6.54 Å². The normalized spacial score (nSPS) is 10.6. The zero-order chi connectivity index (χ0) is 8.15. The van der Waals surface area contributed by atoms with Gasteiger partial charge in [0.2, 0.25) is 5.91 Å². The molecule has 0 aliphatic carbocycles. The number of rotatable bonds is 3. The first-order valence-corrected chi connectivity index (χ1v) is 3.10. The first kappa shape index (κ1) is 9.33. The molecule has 1 N–H and O–H groups in total. The number of amides is 1. The summed E-state index contributed by atoms with van der Waals surface area (Å²) in [4.78, 5) is 10.6. The minimum absolute atomic E-state index is 0. The van der Waals surface area contributed by atoms with Crippen molar-refractivity contribution in [2.45, 2.75) is 20.3 Å². The average molecular weight is 153 g/mol. The molecule has 4 heteroatoms. The molecule has 0 saturated heterocycles. The summed E-state index contributed by atoms with van der Waals surface area (Å²) in [6.45, 7) is 2.76. The fourth-order valence-electron chi connectivity index (χ4n) is 0.382. The lowest BCUT2D eigenvalue weighted by Crippen LogP contribution is -2.31. The second-order valence-electron chi connectivity index (χ2n) is 2.29. The fraction of sp³-hybridized carbons (Fsp3) is 0.833. The minimum Gasteiger partial charge on any atom is -0.350 e. The number of hydrogen-bond donors (Lipinski definition) is 1. The molecule has 0 fully saturated rings. The molecule has 0 rings (SSSR count). The second kappa shape index (κ2) is 4.19. The first-order valence-electron chi connectivity index (χ1n) is 3.10. The van der Waals surface area contributed by atoms with E-state index in [-0.39, 0.29) is 13.3 Å². The monoisotopic (exact) mass is 153 g/mol. The van der Waals surface area contributed by atoms with Gasteiger partial charge in [-0.3, -0.25) is 4.79 Å². The Hall–Kier alpha value is -0.670. The molecule has 2 nitrogen and oxygen atoms in total. The van der Waals surface area contributed by atoms with Crippen molar-refractivity contribution in [1.82, 2.24) is 5.32 Å². The Labute approximate surface area is 60.1 Å². The molecule has 10 heavy (non-hydrogen) atoms. The summed E-state index contributed by atoms with van der Waals surface area (Å²) >= 11 is 0. The summed E-state index contributed by atoms with van der Waals surface area (Å²) in [6.07, 6.45) is -2.46. The third-order valence-electron chi connectivity index (χ3n) is 0.955. The molecule has 62 valence electrons. The smallest absolute Gasteiger partial charge is 0.255 e. The van der Waals surface area contributed by atoms with E-state index in [0.29, 0.717) is 0 Å². The van der Waals surface area contributed by atoms with E-state index < -0.39 is 13.0 Å². The number of nitrogens with one attached hydrogen (secondary N) is 1. The van der Waals surface area contributed by atoms with Crippen LogP contribution in [0.5, 0.6) is 0 Å². The van der Waals surface area contributed by atoms with E-state index in [1.165, 1.54) is 0 Å². The van der Waals surface area contributed by atoms with Gasteiger partial charge >= 0.3 is 0 Å². The van der Waals surface area contributed by atoms with Crippen LogP contribution in [0, 0.1) is 5.92 Å². The highest BCUT2D eigenvalue weighted by atomic mass is 19.3. The van der Waals surface area contributed by atoms with Crippen LogP contribution in [0.25, 0.3) is 0 Å². The Morgan fingerprint density at radius 1 is 1.60 bits per heavy atom. The standard InChI is InChI=1S/C6H11F2NO.H2/c1-4(2)6(10)9-3-5(7)8;/h4-5H,3H2,1-2H3,(H,9,10);1H. The lowest BCUT2D eigenvalue weighted by atomic mass is 10.2. The molecule has 0 bridgehead atoms. The maximum Gasteiger partial charge on any atom is 0.255 e. The summed E-state index contributed by atoms with van der Waals surface area (Å²) in [6, 6.07) is 0. The highest BCUT2D eigenvalue weighted by Crippen LogP contribution is 1.92. The zero-order valence-corrected chi connectivity index (χ0v) is 6.03. The summed E-state index contributed by atoms with van der Waals surface area (Å²) in [5.41, 5.74) is 0. The Kier molecular flexibility index (Phi) is 3.91. The molecule has 0 saturated carbocycles. The van der Waals surface area contributed by atoms with Crippen molar-refractivity contribution in [3.63, 3.8) is 0 Å². The van der Waals surface area contributed by atoms with Gasteiger partial charge in [-0.05, 0) is 0 Å². The third kappa shape index (κ3) is 4.23. The van der Waals surface area contributed by atoms with E-state index in [1.54, 1.807) is 13.8 Å². The van der Waals surface area contributed by atoms with Crippen LogP contribution in [0.4, 0.5) is 8.78 Å². The molecule has 0 aromatic heterocycles. The van der Waals surface area contributed by atoms with Crippen LogP contribution in [0.1, 0.15) is 15.3 Å². The van der Waals surface area contributed by atoms with Gasteiger partial charge in [0.1, 0.15) is 0 Å². The molecule has 0 heterocycles. The summed E-state index contributed by atoms with van der Waals surface area (Å²) < 4.78 is 22.9. The number of halogens is 2. The van der Waals surface area contributed by atoms with Crippen molar-refractivity contribution in [2.24, 2.45) is 5.92 Å². The summed E-state index contributed by atoms with van der Waals surface area (Å²) in [5, 5.41) is 2.09. The van der Waals surface area contributed by atoms with Gasteiger partial charge in [0.25, 0.3) is 6.43 Å². The molecule has 0 aromatic rings. The molecule has 0 unspecified atom stereocenters. The van der Waals surface area contributed by atoms with Crippen molar-refractivity contribution in [2.75, 3.05) is 6.54 Å². The maximum absolute atomic E-state index is 11.4. The van der Waals surface area contributed by atoms with Crippen molar-refractivity contribution in [1.29, 1.82) is 0 Å². The van der Waals surface area contributed by atoms with Crippen LogP contribution in [0.15, 0.2) is 0 Å². The SMILES string of the molecule is CC(C)C(=O)NCC(F)F.[HH]. The highest BCUT2D eigenvalue weighted by molar-refractivity contribution is 5.77. The predicted molar refractivity (Wildman–Crippen MR) is 36.0 cm³/mol. The van der Waals surface area contributed by atoms with Gasteiger partial charge in [-0.1, -0.05) is 13.8 Å². The van der Waals surface area contributed by atoms with E-state index in [1.807, 2.05) is 0 Å². The van der Waals surface area contributed by atoms with Crippen molar-refractivity contribution >= 4 is 5.91 Å². The summed E-state index contributed by atoms with van der Waals surface area (Å²) in [5.74, 6) is -0.556. The lowest BCUT2D eigenvalue weighted by Gasteiger charge is -2.05. The Morgan fingerprint density at radius 3 is 2.40 bits per heavy atom. The molecular formula is C6H13F2NO. The molecule has 0 spiro atoms. The molecule has 1 amide bonds. The Morgan fingerprint density at radius 2 is 2.10 bits per heavy atom. The summed E-state index contributed by atoms with van der Waals surface area (Å²) in [7, 11) is 0. The van der Waals surface area contributed by atoms with E-state index in [2.05, 4.69) is 5.32 Å². The molecule has 0 aromatic carbocycles. The second-order valence-corrected chi connectivity index (χ2v) is 2.29. The molecule has 0 atom stereocenters. The van der Waals surface area contributed by atoms with Crippen LogP contribution >= 0.6 is 0 Å². The van der Waals surface area contributed by atoms with Gasteiger partial charge in [-0.2, -0.15) is 0 Å². The number of hydrogen-bond acceptors (Lipinski definition) is 1. The zero-order valence-electron chi connectivity index (χ0n) is 6.03. The van der Waals surface area contributed by atoms with Gasteiger partial charge in [-0.25, -0.2) is 8.78 Å². The van der Waals surface area contributed by atoms with E-state index in [0.717, 1.165) is 0 Å². The topological polar surface area (TPSA) is 29.1 Å². The van der Waals surface area contributed by atoms with Crippen molar-refractivity contribution in [3.8, 4) is 0 Å². The number of alkyl halides is 2. The van der Waals surface area contributed by atoms with Gasteiger partial charge in [0, 0.05) is 7.34 Å². The first-order chi connectivity index (χ1) is 4.54. The van der Waals surface area contributed by atoms with Gasteiger partial charge in [-0.15, -0.1) is 0 Å². The van der Waals surface area contributed by atoms with Gasteiger partial charge < -0.3 is 5.32 Å². The Bertz CT molecular complexity index is 119. The van der Waals surface area contributed by atoms with E-state index in [4.69, 9.17) is 0 Å². The minimum atomic E-state index is -2.46. The van der Waals surface area contributed by atoms with Crippen molar-refractivity contribution in [3.05, 3.63) is 0 Å². The molecular weight excluding hydrogens is 140 g/mol. The lowest BCUT2D eigenvalue weighted by molar-refractivity contribution is -0.124. The quantitative estimate of drug-likeness (QED) is 0.650. The number of carbonyl (C=O) groups excluding carboxylic acids is 1. The molecule has 0 aliphatic heterocycles. The maximum atomic E-state index is 11.4. The fourth-order valence-corrected chi connectivity index (χ4v) is 0.382. The van der Waals surface area contributed by atoms with Gasteiger partial charge in [0.15, 0.2) is 0 Å². The van der Waals surface area contributed by atoms with E-state index in [9.17, 15) is 13.6 Å². The Balaban J connectivity index is 0.